The second kappa shape index (κ2) is 7.75. The number of nitrogens with zero attached hydrogens (tertiary/aromatic N) is 2. The molecule has 0 atom stereocenters. The van der Waals surface area contributed by atoms with Crippen LogP contribution in [-0.2, 0) is 11.3 Å². The molecule has 0 bridgehead atoms. The number of rotatable bonds is 5. The molecule has 0 radical (unpaired) electrons. The molecule has 138 valence electrons. The highest BCUT2D eigenvalue weighted by Gasteiger charge is 2.09. The zero-order valence-electron chi connectivity index (χ0n) is 14.9. The van der Waals surface area contributed by atoms with Crippen molar-refractivity contribution < 1.29 is 9.53 Å². The molecule has 6 nitrogen and oxygen atoms in total. The van der Waals surface area contributed by atoms with E-state index in [0.29, 0.717) is 28.2 Å². The van der Waals surface area contributed by atoms with E-state index in [2.05, 4.69) is 10.3 Å². The molecule has 0 spiro atoms. The number of fused-ring (bicyclic) bond motifs is 1. The van der Waals surface area contributed by atoms with Crippen molar-refractivity contribution in [3.8, 4) is 11.5 Å². The summed E-state index contributed by atoms with van der Waals surface area (Å²) in [4.78, 5) is 28.8. The number of carbonyl (C=O) groups excluding carboxylic acids is 1. The molecule has 3 aromatic carbocycles. The minimum atomic E-state index is -0.324. The summed E-state index contributed by atoms with van der Waals surface area (Å²) in [6, 6.07) is 23.7. The Hall–Kier alpha value is -3.93. The Morgan fingerprint density at radius 2 is 1.68 bits per heavy atom. The molecule has 0 aliphatic heterocycles. The van der Waals surface area contributed by atoms with Crippen LogP contribution in [-0.4, -0.2) is 15.5 Å². The maximum atomic E-state index is 12.5. The van der Waals surface area contributed by atoms with Crippen molar-refractivity contribution in [2.75, 3.05) is 5.32 Å². The Kier molecular flexibility index (Phi) is 4.84. The molecule has 4 aromatic rings. The summed E-state index contributed by atoms with van der Waals surface area (Å²) >= 11 is 0. The topological polar surface area (TPSA) is 73.2 Å². The number of anilines is 1. The van der Waals surface area contributed by atoms with Crippen LogP contribution in [0.1, 0.15) is 0 Å². The van der Waals surface area contributed by atoms with Crippen LogP contribution >= 0.6 is 0 Å². The molecular formula is C22H17N3O3. The number of benzene rings is 3. The number of aromatic nitrogens is 2. The van der Waals surface area contributed by atoms with E-state index >= 15 is 0 Å². The van der Waals surface area contributed by atoms with E-state index in [1.54, 1.807) is 30.3 Å². The van der Waals surface area contributed by atoms with Crippen LogP contribution < -0.4 is 15.6 Å². The Morgan fingerprint density at radius 3 is 2.54 bits per heavy atom. The monoisotopic (exact) mass is 371 g/mol. The Balaban J connectivity index is 1.51. The van der Waals surface area contributed by atoms with E-state index in [4.69, 9.17) is 4.74 Å². The van der Waals surface area contributed by atoms with E-state index in [1.807, 2.05) is 48.5 Å². The molecule has 0 aliphatic rings. The molecule has 0 aliphatic carbocycles. The Morgan fingerprint density at radius 1 is 0.929 bits per heavy atom. The first kappa shape index (κ1) is 17.5. The number of hydrogen-bond acceptors (Lipinski definition) is 4. The van der Waals surface area contributed by atoms with Gasteiger partial charge in [0.25, 0.3) is 5.56 Å². The fourth-order valence-electron chi connectivity index (χ4n) is 2.88. The summed E-state index contributed by atoms with van der Waals surface area (Å²) in [5, 5.41) is 2.81. The van der Waals surface area contributed by atoms with Gasteiger partial charge in [-0.25, -0.2) is 4.98 Å². The standard InChI is InChI=1S/C22H17N3O3/c26-21(15-25-20-12-5-4-11-19(20)23-14-22(25)27)24-16-7-6-10-18(13-16)28-17-8-2-1-3-9-17/h1-14H,15H2,(H,24,26). The Labute approximate surface area is 161 Å². The second-order valence-corrected chi connectivity index (χ2v) is 6.16. The van der Waals surface area contributed by atoms with Crippen molar-refractivity contribution in [1.29, 1.82) is 0 Å². The van der Waals surface area contributed by atoms with Crippen molar-refractivity contribution in [1.82, 2.24) is 9.55 Å². The lowest BCUT2D eigenvalue weighted by atomic mass is 10.2. The van der Waals surface area contributed by atoms with Gasteiger partial charge in [0, 0.05) is 11.8 Å². The molecule has 1 aromatic heterocycles. The van der Waals surface area contributed by atoms with Gasteiger partial charge in [0.2, 0.25) is 5.91 Å². The maximum Gasteiger partial charge on any atom is 0.269 e. The van der Waals surface area contributed by atoms with E-state index in [0.717, 1.165) is 0 Å². The lowest BCUT2D eigenvalue weighted by molar-refractivity contribution is -0.116. The predicted octanol–water partition coefficient (Wildman–Crippen LogP) is 3.83. The van der Waals surface area contributed by atoms with Crippen molar-refractivity contribution >= 4 is 22.6 Å². The van der Waals surface area contributed by atoms with Gasteiger partial charge in [0.1, 0.15) is 18.0 Å². The maximum absolute atomic E-state index is 12.5. The van der Waals surface area contributed by atoms with Crippen LogP contribution in [0.4, 0.5) is 5.69 Å². The molecule has 6 heteroatoms. The molecule has 0 saturated heterocycles. The molecule has 0 unspecified atom stereocenters. The second-order valence-electron chi connectivity index (χ2n) is 6.16. The molecular weight excluding hydrogens is 354 g/mol. The average molecular weight is 371 g/mol. The van der Waals surface area contributed by atoms with Gasteiger partial charge in [0.05, 0.1) is 17.2 Å². The molecule has 0 fully saturated rings. The summed E-state index contributed by atoms with van der Waals surface area (Å²) in [5.74, 6) is 1.01. The largest absolute Gasteiger partial charge is 0.457 e. The first-order chi connectivity index (χ1) is 13.7. The zero-order valence-corrected chi connectivity index (χ0v) is 14.9. The third kappa shape index (κ3) is 3.91. The zero-order chi connectivity index (χ0) is 19.3. The van der Waals surface area contributed by atoms with Crippen molar-refractivity contribution in [2.24, 2.45) is 0 Å². The summed E-state index contributed by atoms with van der Waals surface area (Å²) in [5.41, 5.74) is 1.54. The molecule has 1 N–H and O–H groups in total. The van der Waals surface area contributed by atoms with Gasteiger partial charge in [-0.3, -0.25) is 14.2 Å². The quantitative estimate of drug-likeness (QED) is 0.579. The molecule has 1 heterocycles. The highest BCUT2D eigenvalue weighted by Crippen LogP contribution is 2.23. The first-order valence-electron chi connectivity index (χ1n) is 8.76. The van der Waals surface area contributed by atoms with E-state index in [9.17, 15) is 9.59 Å². The first-order valence-corrected chi connectivity index (χ1v) is 8.76. The highest BCUT2D eigenvalue weighted by molar-refractivity contribution is 5.91. The predicted molar refractivity (Wildman–Crippen MR) is 108 cm³/mol. The number of hydrogen-bond donors (Lipinski definition) is 1. The van der Waals surface area contributed by atoms with Crippen molar-refractivity contribution in [3.63, 3.8) is 0 Å². The fraction of sp³-hybridized carbons (Fsp3) is 0.0455. The summed E-state index contributed by atoms with van der Waals surface area (Å²) in [7, 11) is 0. The smallest absolute Gasteiger partial charge is 0.269 e. The summed E-state index contributed by atoms with van der Waals surface area (Å²) < 4.78 is 7.19. The van der Waals surface area contributed by atoms with Gasteiger partial charge in [-0.1, -0.05) is 36.4 Å². The normalized spacial score (nSPS) is 10.6. The van der Waals surface area contributed by atoms with Crippen LogP contribution in [0.15, 0.2) is 89.9 Å². The molecule has 4 rings (SSSR count). The number of amides is 1. The van der Waals surface area contributed by atoms with E-state index in [1.165, 1.54) is 10.8 Å². The fourth-order valence-corrected chi connectivity index (χ4v) is 2.88. The Bertz CT molecular complexity index is 1190. The van der Waals surface area contributed by atoms with Gasteiger partial charge in [-0.15, -0.1) is 0 Å². The van der Waals surface area contributed by atoms with Crippen LogP contribution in [0.5, 0.6) is 11.5 Å². The number of carbonyl (C=O) groups is 1. The number of para-hydroxylation sites is 3. The third-order valence-electron chi connectivity index (χ3n) is 4.15. The number of ether oxygens (including phenoxy) is 1. The minimum absolute atomic E-state index is 0.106. The van der Waals surface area contributed by atoms with E-state index in [-0.39, 0.29) is 18.0 Å². The SMILES string of the molecule is O=C(Cn1c(=O)cnc2ccccc21)Nc1cccc(Oc2ccccc2)c1. The van der Waals surface area contributed by atoms with Gasteiger partial charge in [-0.05, 0) is 36.4 Å². The van der Waals surface area contributed by atoms with Crippen LogP contribution in [0.3, 0.4) is 0 Å². The van der Waals surface area contributed by atoms with Crippen LogP contribution in [0, 0.1) is 0 Å². The van der Waals surface area contributed by atoms with Crippen LogP contribution in [0.25, 0.3) is 11.0 Å². The molecule has 1 amide bonds. The highest BCUT2D eigenvalue weighted by atomic mass is 16.5. The van der Waals surface area contributed by atoms with Gasteiger partial charge in [0.15, 0.2) is 0 Å². The summed E-state index contributed by atoms with van der Waals surface area (Å²) in [6.07, 6.45) is 1.23. The summed E-state index contributed by atoms with van der Waals surface area (Å²) in [6.45, 7) is -0.106. The minimum Gasteiger partial charge on any atom is -0.457 e. The van der Waals surface area contributed by atoms with Crippen molar-refractivity contribution in [2.45, 2.75) is 6.54 Å². The van der Waals surface area contributed by atoms with Gasteiger partial charge < -0.3 is 10.1 Å². The van der Waals surface area contributed by atoms with Crippen LogP contribution in [0.2, 0.25) is 0 Å². The lowest BCUT2D eigenvalue weighted by Crippen LogP contribution is -2.27. The van der Waals surface area contributed by atoms with E-state index < -0.39 is 0 Å². The molecule has 28 heavy (non-hydrogen) atoms. The number of nitrogens with one attached hydrogen (secondary N) is 1. The van der Waals surface area contributed by atoms with Gasteiger partial charge >= 0.3 is 0 Å². The molecule has 0 saturated carbocycles. The lowest BCUT2D eigenvalue weighted by Gasteiger charge is -2.11. The van der Waals surface area contributed by atoms with Gasteiger partial charge in [-0.2, -0.15) is 0 Å². The third-order valence-corrected chi connectivity index (χ3v) is 4.15. The average Bonchev–Trinajstić information content (AvgIpc) is 2.71. The van der Waals surface area contributed by atoms with Crippen molar-refractivity contribution in [3.05, 3.63) is 95.4 Å².